The quantitative estimate of drug-likeness (QED) is 0.864. The highest BCUT2D eigenvalue weighted by atomic mass is 19.4. The summed E-state index contributed by atoms with van der Waals surface area (Å²) in [5.41, 5.74) is -0.246. The van der Waals surface area contributed by atoms with E-state index in [9.17, 15) is 18.0 Å². The number of aryl methyl sites for hydroxylation is 1. The summed E-state index contributed by atoms with van der Waals surface area (Å²) < 4.78 is 42.7. The average molecular weight is 276 g/mol. The van der Waals surface area contributed by atoms with E-state index in [4.69, 9.17) is 9.84 Å². The van der Waals surface area contributed by atoms with E-state index in [1.807, 2.05) is 6.92 Å². The number of hydrogen-bond acceptors (Lipinski definition) is 2. The van der Waals surface area contributed by atoms with Crippen LogP contribution in [-0.4, -0.2) is 17.7 Å². The van der Waals surface area contributed by atoms with Crippen molar-refractivity contribution in [1.82, 2.24) is 0 Å². The maximum Gasteiger partial charge on any atom is 0.416 e. The number of carboxylic acids is 1. The first-order valence-electron chi connectivity index (χ1n) is 5.89. The molecule has 0 spiro atoms. The second kappa shape index (κ2) is 6.45. The number of alkyl halides is 3. The number of halogens is 3. The molecule has 0 aliphatic rings. The van der Waals surface area contributed by atoms with Crippen molar-refractivity contribution in [3.05, 3.63) is 29.3 Å². The minimum atomic E-state index is -4.47. The van der Waals surface area contributed by atoms with Gasteiger partial charge in [-0.15, -0.1) is 0 Å². The van der Waals surface area contributed by atoms with Crippen molar-refractivity contribution in [2.24, 2.45) is 0 Å². The van der Waals surface area contributed by atoms with Crippen LogP contribution in [0, 0.1) is 0 Å². The molecule has 0 saturated heterocycles. The van der Waals surface area contributed by atoms with Crippen molar-refractivity contribution in [2.45, 2.75) is 32.4 Å². The van der Waals surface area contributed by atoms with Gasteiger partial charge in [0, 0.05) is 0 Å². The Morgan fingerprint density at radius 2 is 2.05 bits per heavy atom. The lowest BCUT2D eigenvalue weighted by Gasteiger charge is -2.13. The summed E-state index contributed by atoms with van der Waals surface area (Å²) >= 11 is 0. The summed E-state index contributed by atoms with van der Waals surface area (Å²) in [7, 11) is 0. The monoisotopic (exact) mass is 276 g/mol. The van der Waals surface area contributed by atoms with Crippen molar-refractivity contribution >= 4 is 5.97 Å². The second-order valence-corrected chi connectivity index (χ2v) is 4.11. The Morgan fingerprint density at radius 1 is 1.37 bits per heavy atom. The van der Waals surface area contributed by atoms with E-state index < -0.39 is 24.3 Å². The molecule has 0 radical (unpaired) electrons. The molecule has 0 saturated carbocycles. The first kappa shape index (κ1) is 15.3. The summed E-state index contributed by atoms with van der Waals surface area (Å²) in [5, 5.41) is 8.52. The molecule has 6 heteroatoms. The molecule has 1 rings (SSSR count). The number of carboxylic acid groups (broad SMARTS) is 1. The molecule has 0 bridgehead atoms. The molecule has 0 atom stereocenters. The predicted octanol–water partition coefficient (Wildman–Crippen LogP) is 3.51. The molecule has 0 heterocycles. The summed E-state index contributed by atoms with van der Waals surface area (Å²) in [6.07, 6.45) is -2.22. The number of hydrogen-bond donors (Lipinski definition) is 1. The highest BCUT2D eigenvalue weighted by molar-refractivity contribution is 5.68. The Morgan fingerprint density at radius 3 is 2.58 bits per heavy atom. The van der Waals surface area contributed by atoms with Crippen LogP contribution in [0.4, 0.5) is 13.2 Å². The molecule has 19 heavy (non-hydrogen) atoms. The number of rotatable bonds is 6. The van der Waals surface area contributed by atoms with Crippen molar-refractivity contribution < 1.29 is 27.8 Å². The Hall–Kier alpha value is -1.72. The van der Waals surface area contributed by atoms with Crippen LogP contribution >= 0.6 is 0 Å². The Kier molecular flexibility index (Phi) is 5.20. The molecule has 0 aliphatic carbocycles. The van der Waals surface area contributed by atoms with Gasteiger partial charge in [-0.3, -0.25) is 0 Å². The third-order valence-electron chi connectivity index (χ3n) is 2.55. The van der Waals surface area contributed by atoms with Gasteiger partial charge in [-0.05, 0) is 30.5 Å². The van der Waals surface area contributed by atoms with E-state index in [0.717, 1.165) is 25.0 Å². The van der Waals surface area contributed by atoms with Crippen LogP contribution in [0.25, 0.3) is 0 Å². The van der Waals surface area contributed by atoms with Crippen LogP contribution in [0.2, 0.25) is 0 Å². The van der Waals surface area contributed by atoms with Gasteiger partial charge in [0.15, 0.2) is 6.61 Å². The van der Waals surface area contributed by atoms with Crippen molar-refractivity contribution in [3.63, 3.8) is 0 Å². The number of unbranched alkanes of at least 4 members (excludes halogenated alkanes) is 1. The molecule has 3 nitrogen and oxygen atoms in total. The molecule has 0 aliphatic heterocycles. The Bertz CT molecular complexity index is 441. The maximum atomic E-state index is 12.6. The average Bonchev–Trinajstić information content (AvgIpc) is 2.33. The third-order valence-corrected chi connectivity index (χ3v) is 2.55. The largest absolute Gasteiger partial charge is 0.482 e. The summed E-state index contributed by atoms with van der Waals surface area (Å²) in [6, 6.07) is 3.18. The smallest absolute Gasteiger partial charge is 0.416 e. The third kappa shape index (κ3) is 4.81. The lowest BCUT2D eigenvalue weighted by molar-refractivity contribution is -0.139. The van der Waals surface area contributed by atoms with Gasteiger partial charge in [0.05, 0.1) is 5.56 Å². The van der Waals surface area contributed by atoms with Crippen LogP contribution < -0.4 is 4.74 Å². The van der Waals surface area contributed by atoms with E-state index in [2.05, 4.69) is 0 Å². The van der Waals surface area contributed by atoms with Crippen molar-refractivity contribution in [3.8, 4) is 5.75 Å². The van der Waals surface area contributed by atoms with E-state index in [1.165, 1.54) is 6.07 Å². The molecule has 0 amide bonds. The molecular weight excluding hydrogens is 261 g/mol. The fourth-order valence-corrected chi connectivity index (χ4v) is 1.58. The Labute approximate surface area is 109 Å². The zero-order chi connectivity index (χ0) is 14.5. The number of aliphatic carboxylic acids is 1. The first-order valence-corrected chi connectivity index (χ1v) is 5.89. The van der Waals surface area contributed by atoms with Crippen molar-refractivity contribution in [2.75, 3.05) is 6.61 Å². The minimum absolute atomic E-state index is 0.00863. The normalized spacial score (nSPS) is 11.4. The molecule has 1 aromatic rings. The standard InChI is InChI=1S/C13H15F3O3/c1-2-3-4-9-5-6-10(13(14,15)16)7-11(9)19-8-12(17)18/h5-7H,2-4,8H2,1H3,(H,17,18). The minimum Gasteiger partial charge on any atom is -0.482 e. The fraction of sp³-hybridized carbons (Fsp3) is 0.462. The maximum absolute atomic E-state index is 12.6. The molecule has 1 aromatic carbocycles. The highest BCUT2D eigenvalue weighted by Gasteiger charge is 2.31. The van der Waals surface area contributed by atoms with Gasteiger partial charge in [-0.25, -0.2) is 4.79 Å². The first-order chi connectivity index (χ1) is 8.84. The molecule has 0 fully saturated rings. The van der Waals surface area contributed by atoms with Crippen LogP contribution in [0.3, 0.4) is 0 Å². The van der Waals surface area contributed by atoms with Crippen LogP contribution in [0.1, 0.15) is 30.9 Å². The number of benzene rings is 1. The SMILES string of the molecule is CCCCc1ccc(C(F)(F)F)cc1OCC(=O)O. The zero-order valence-corrected chi connectivity index (χ0v) is 10.5. The van der Waals surface area contributed by atoms with Gasteiger partial charge >= 0.3 is 12.1 Å². The van der Waals surface area contributed by atoms with E-state index in [0.29, 0.717) is 12.0 Å². The molecule has 106 valence electrons. The van der Waals surface area contributed by atoms with Crippen molar-refractivity contribution in [1.29, 1.82) is 0 Å². The van der Waals surface area contributed by atoms with E-state index in [-0.39, 0.29) is 5.75 Å². The van der Waals surface area contributed by atoms with Crippen LogP contribution in [0.15, 0.2) is 18.2 Å². The summed E-state index contributed by atoms with van der Waals surface area (Å²) in [5.74, 6) is -1.23. The predicted molar refractivity (Wildman–Crippen MR) is 63.2 cm³/mol. The van der Waals surface area contributed by atoms with Crippen LogP contribution in [-0.2, 0) is 17.4 Å². The van der Waals surface area contributed by atoms with Crippen LogP contribution in [0.5, 0.6) is 5.75 Å². The second-order valence-electron chi connectivity index (χ2n) is 4.11. The Balaban J connectivity index is 2.99. The summed E-state index contributed by atoms with van der Waals surface area (Å²) in [4.78, 5) is 10.4. The molecule has 0 aromatic heterocycles. The van der Waals surface area contributed by atoms with Gasteiger partial charge in [-0.1, -0.05) is 19.4 Å². The number of carbonyl (C=O) groups is 1. The fourth-order valence-electron chi connectivity index (χ4n) is 1.58. The van der Waals surface area contributed by atoms with Gasteiger partial charge in [0.1, 0.15) is 5.75 Å². The van der Waals surface area contributed by atoms with Gasteiger partial charge in [0.25, 0.3) is 0 Å². The van der Waals surface area contributed by atoms with Gasteiger partial charge in [-0.2, -0.15) is 13.2 Å². The van der Waals surface area contributed by atoms with Gasteiger partial charge in [0.2, 0.25) is 0 Å². The topological polar surface area (TPSA) is 46.5 Å². The van der Waals surface area contributed by atoms with Gasteiger partial charge < -0.3 is 9.84 Å². The molecule has 0 unspecified atom stereocenters. The van der Waals surface area contributed by atoms with E-state index >= 15 is 0 Å². The lowest BCUT2D eigenvalue weighted by atomic mass is 10.0. The van der Waals surface area contributed by atoms with E-state index in [1.54, 1.807) is 0 Å². The number of ether oxygens (including phenoxy) is 1. The zero-order valence-electron chi connectivity index (χ0n) is 10.5. The lowest BCUT2D eigenvalue weighted by Crippen LogP contribution is -2.12. The highest BCUT2D eigenvalue weighted by Crippen LogP contribution is 2.33. The summed E-state index contributed by atoms with van der Waals surface area (Å²) in [6.45, 7) is 1.31. The molecule has 1 N–H and O–H groups in total. The molecular formula is C13H15F3O3.